The Balaban J connectivity index is 1.99. The highest BCUT2D eigenvalue weighted by Gasteiger charge is 2.37. The first kappa shape index (κ1) is 15.1. The molecule has 1 unspecified atom stereocenters. The highest BCUT2D eigenvalue weighted by atomic mass is 32.2. The van der Waals surface area contributed by atoms with Crippen molar-refractivity contribution in [1.82, 2.24) is 4.31 Å². The van der Waals surface area contributed by atoms with Crippen LogP contribution >= 0.6 is 0 Å². The Morgan fingerprint density at radius 3 is 2.36 bits per heavy atom. The summed E-state index contributed by atoms with van der Waals surface area (Å²) in [5.74, 6) is -1.13. The van der Waals surface area contributed by atoms with Crippen LogP contribution in [0, 0.1) is 11.6 Å². The summed E-state index contributed by atoms with van der Waals surface area (Å²) in [5.41, 5.74) is 0.721. The van der Waals surface area contributed by atoms with E-state index in [9.17, 15) is 17.2 Å². The van der Waals surface area contributed by atoms with E-state index in [-0.39, 0.29) is 16.8 Å². The molecule has 6 heteroatoms. The standard InChI is InChI=1S/C16H15F2NO2S/c17-13-9-7-12(8-10-13)15-5-3-11-19(15)22(20,21)16-6-2-1-4-14(16)18/h1-2,4,6-10,15H,3,5,11H2. The first-order valence-electron chi connectivity index (χ1n) is 7.02. The third kappa shape index (κ3) is 2.64. The smallest absolute Gasteiger partial charge is 0.207 e. The van der Waals surface area contributed by atoms with Gasteiger partial charge in [-0.2, -0.15) is 4.31 Å². The van der Waals surface area contributed by atoms with Gasteiger partial charge in [-0.1, -0.05) is 24.3 Å². The molecule has 0 aromatic heterocycles. The van der Waals surface area contributed by atoms with Gasteiger partial charge >= 0.3 is 0 Å². The van der Waals surface area contributed by atoms with Crippen LogP contribution in [0.5, 0.6) is 0 Å². The monoisotopic (exact) mass is 323 g/mol. The van der Waals surface area contributed by atoms with Crippen molar-refractivity contribution >= 4 is 10.0 Å². The molecule has 0 aliphatic carbocycles. The molecule has 1 aliphatic rings. The highest BCUT2D eigenvalue weighted by molar-refractivity contribution is 7.89. The maximum Gasteiger partial charge on any atom is 0.246 e. The average molecular weight is 323 g/mol. The molecule has 2 aromatic carbocycles. The van der Waals surface area contributed by atoms with Crippen LogP contribution in [0.15, 0.2) is 53.4 Å². The van der Waals surface area contributed by atoms with Gasteiger partial charge < -0.3 is 0 Å². The average Bonchev–Trinajstić information content (AvgIpc) is 2.98. The Labute approximate surface area is 128 Å². The van der Waals surface area contributed by atoms with Gasteiger partial charge in [-0.05, 0) is 42.7 Å². The number of nitrogens with zero attached hydrogens (tertiary/aromatic N) is 1. The fourth-order valence-corrected chi connectivity index (χ4v) is 4.58. The lowest BCUT2D eigenvalue weighted by Crippen LogP contribution is -2.31. The van der Waals surface area contributed by atoms with E-state index in [0.717, 1.165) is 11.6 Å². The Kier molecular flexibility index (Phi) is 3.97. The number of hydrogen-bond acceptors (Lipinski definition) is 2. The largest absolute Gasteiger partial charge is 0.246 e. The number of rotatable bonds is 3. The second kappa shape index (κ2) is 5.78. The molecule has 0 radical (unpaired) electrons. The van der Waals surface area contributed by atoms with Crippen LogP contribution < -0.4 is 0 Å². The minimum atomic E-state index is -3.91. The van der Waals surface area contributed by atoms with Crippen LogP contribution in [0.3, 0.4) is 0 Å². The zero-order valence-electron chi connectivity index (χ0n) is 11.7. The van der Waals surface area contributed by atoms with Gasteiger partial charge in [-0.3, -0.25) is 0 Å². The lowest BCUT2D eigenvalue weighted by Gasteiger charge is -2.24. The molecule has 3 nitrogen and oxygen atoms in total. The summed E-state index contributed by atoms with van der Waals surface area (Å²) in [5, 5.41) is 0. The summed E-state index contributed by atoms with van der Waals surface area (Å²) in [4.78, 5) is -0.316. The van der Waals surface area contributed by atoms with E-state index in [4.69, 9.17) is 0 Å². The molecular weight excluding hydrogens is 308 g/mol. The Bertz CT molecular complexity index is 775. The van der Waals surface area contributed by atoms with Gasteiger partial charge in [0.15, 0.2) is 0 Å². The van der Waals surface area contributed by atoms with Crippen LogP contribution in [-0.4, -0.2) is 19.3 Å². The Morgan fingerprint density at radius 2 is 1.68 bits per heavy atom. The lowest BCUT2D eigenvalue weighted by atomic mass is 10.1. The van der Waals surface area contributed by atoms with Gasteiger partial charge in [0.2, 0.25) is 10.0 Å². The molecule has 0 bridgehead atoms. The van der Waals surface area contributed by atoms with Crippen molar-refractivity contribution in [1.29, 1.82) is 0 Å². The van der Waals surface area contributed by atoms with Gasteiger partial charge in [-0.25, -0.2) is 17.2 Å². The SMILES string of the molecule is O=S(=O)(c1ccccc1F)N1CCCC1c1ccc(F)cc1. The molecule has 116 valence electrons. The van der Waals surface area contributed by atoms with Crippen molar-refractivity contribution in [2.45, 2.75) is 23.8 Å². The maximum atomic E-state index is 13.9. The summed E-state index contributed by atoms with van der Waals surface area (Å²) < 4.78 is 53.6. The third-order valence-electron chi connectivity index (χ3n) is 3.88. The van der Waals surface area contributed by atoms with Crippen molar-refractivity contribution in [2.75, 3.05) is 6.54 Å². The summed E-state index contributed by atoms with van der Waals surface area (Å²) in [7, 11) is -3.91. The predicted octanol–water partition coefficient (Wildman–Crippen LogP) is 3.49. The van der Waals surface area contributed by atoms with Crippen LogP contribution in [-0.2, 0) is 10.0 Å². The molecule has 3 rings (SSSR count). The van der Waals surface area contributed by atoms with Gasteiger partial charge in [0.25, 0.3) is 0 Å². The molecule has 1 fully saturated rings. The predicted molar refractivity (Wildman–Crippen MR) is 78.7 cm³/mol. The fraction of sp³-hybridized carbons (Fsp3) is 0.250. The molecule has 22 heavy (non-hydrogen) atoms. The normalized spacial score (nSPS) is 19.5. The third-order valence-corrected chi connectivity index (χ3v) is 5.82. The van der Waals surface area contributed by atoms with Crippen molar-refractivity contribution in [3.8, 4) is 0 Å². The summed E-state index contributed by atoms with van der Waals surface area (Å²) >= 11 is 0. The summed E-state index contributed by atoms with van der Waals surface area (Å²) in [6.45, 7) is 0.332. The molecule has 0 spiro atoms. The topological polar surface area (TPSA) is 37.4 Å². The fourth-order valence-electron chi connectivity index (χ4n) is 2.83. The van der Waals surface area contributed by atoms with Crippen LogP contribution in [0.25, 0.3) is 0 Å². The van der Waals surface area contributed by atoms with E-state index in [1.165, 1.54) is 34.6 Å². The maximum absolute atomic E-state index is 13.9. The number of benzene rings is 2. The second-order valence-electron chi connectivity index (χ2n) is 5.26. The minimum absolute atomic E-state index is 0.316. The minimum Gasteiger partial charge on any atom is -0.207 e. The molecule has 0 N–H and O–H groups in total. The van der Waals surface area contributed by atoms with Crippen molar-refractivity contribution < 1.29 is 17.2 Å². The van der Waals surface area contributed by atoms with Crippen molar-refractivity contribution in [3.05, 3.63) is 65.7 Å². The first-order chi connectivity index (χ1) is 10.5. The van der Waals surface area contributed by atoms with E-state index >= 15 is 0 Å². The van der Waals surface area contributed by atoms with Crippen molar-refractivity contribution in [2.24, 2.45) is 0 Å². The van der Waals surface area contributed by atoms with Crippen LogP contribution in [0.2, 0.25) is 0 Å². The number of sulfonamides is 1. The van der Waals surface area contributed by atoms with Gasteiger partial charge in [0, 0.05) is 6.54 Å². The van der Waals surface area contributed by atoms with E-state index in [0.29, 0.717) is 19.4 Å². The Morgan fingerprint density at radius 1 is 1.00 bits per heavy atom. The van der Waals surface area contributed by atoms with Crippen LogP contribution in [0.1, 0.15) is 24.4 Å². The summed E-state index contributed by atoms with van der Waals surface area (Å²) in [6.07, 6.45) is 1.33. The molecule has 1 heterocycles. The van der Waals surface area contributed by atoms with Crippen LogP contribution in [0.4, 0.5) is 8.78 Å². The zero-order valence-corrected chi connectivity index (χ0v) is 12.6. The molecule has 2 aromatic rings. The van der Waals surface area contributed by atoms with E-state index in [1.54, 1.807) is 12.1 Å². The summed E-state index contributed by atoms with van der Waals surface area (Å²) in [6, 6.07) is 10.7. The van der Waals surface area contributed by atoms with Gasteiger partial charge in [0.1, 0.15) is 16.5 Å². The second-order valence-corrected chi connectivity index (χ2v) is 7.11. The van der Waals surface area contributed by atoms with Crippen molar-refractivity contribution in [3.63, 3.8) is 0 Å². The highest BCUT2D eigenvalue weighted by Crippen LogP contribution is 2.36. The van der Waals surface area contributed by atoms with E-state index in [1.807, 2.05) is 0 Å². The van der Waals surface area contributed by atoms with Gasteiger partial charge in [-0.15, -0.1) is 0 Å². The van der Waals surface area contributed by atoms with E-state index < -0.39 is 15.8 Å². The molecule has 1 aliphatic heterocycles. The molecular formula is C16H15F2NO2S. The quantitative estimate of drug-likeness (QED) is 0.867. The number of hydrogen-bond donors (Lipinski definition) is 0. The molecule has 1 atom stereocenters. The van der Waals surface area contributed by atoms with E-state index in [2.05, 4.69) is 0 Å². The Hall–Kier alpha value is -1.79. The number of halogens is 2. The molecule has 0 amide bonds. The molecule has 1 saturated heterocycles. The lowest BCUT2D eigenvalue weighted by molar-refractivity contribution is 0.393. The first-order valence-corrected chi connectivity index (χ1v) is 8.46. The molecule has 0 saturated carbocycles. The zero-order chi connectivity index (χ0) is 15.7. The van der Waals surface area contributed by atoms with Gasteiger partial charge in [0.05, 0.1) is 6.04 Å².